The molecule has 1 aromatic heterocycles. The Labute approximate surface area is 115 Å². The molecule has 0 amide bonds. The van der Waals surface area contributed by atoms with Gasteiger partial charge in [0.25, 0.3) is 0 Å². The lowest BCUT2D eigenvalue weighted by molar-refractivity contribution is -0.0840. The van der Waals surface area contributed by atoms with Gasteiger partial charge >= 0.3 is 0 Å². The molecule has 1 heterocycles. The van der Waals surface area contributed by atoms with E-state index in [1.54, 1.807) is 7.11 Å². The Morgan fingerprint density at radius 3 is 2.74 bits per heavy atom. The van der Waals surface area contributed by atoms with Gasteiger partial charge in [0, 0.05) is 13.3 Å². The molecule has 2 rings (SSSR count). The van der Waals surface area contributed by atoms with Gasteiger partial charge in [-0.3, -0.25) is 4.98 Å². The second-order valence-electron chi connectivity index (χ2n) is 5.15. The average molecular weight is 264 g/mol. The first-order chi connectivity index (χ1) is 9.24. The van der Waals surface area contributed by atoms with Crippen molar-refractivity contribution in [2.75, 3.05) is 20.8 Å². The van der Waals surface area contributed by atoms with E-state index in [1.165, 1.54) is 6.42 Å². The molecule has 4 heteroatoms. The van der Waals surface area contributed by atoms with Gasteiger partial charge in [0.2, 0.25) is 0 Å². The van der Waals surface area contributed by atoms with Crippen molar-refractivity contribution in [3.05, 3.63) is 24.0 Å². The number of rotatable bonds is 7. The standard InChI is InChI=1S/C15H24N2O2/c1-4-16-12(11-15(19-3)8-6-9-15)14-13(18-2)7-5-10-17-14/h5,7,10,12,16H,4,6,8-9,11H2,1-3H3. The van der Waals surface area contributed by atoms with E-state index in [9.17, 15) is 0 Å². The second-order valence-corrected chi connectivity index (χ2v) is 5.15. The van der Waals surface area contributed by atoms with Gasteiger partial charge in [-0.05, 0) is 44.4 Å². The number of pyridine rings is 1. The normalized spacial score (nSPS) is 18.7. The third-order valence-corrected chi connectivity index (χ3v) is 4.07. The molecule has 1 aliphatic carbocycles. The highest BCUT2D eigenvalue weighted by Crippen LogP contribution is 2.42. The number of hydrogen-bond acceptors (Lipinski definition) is 4. The molecule has 1 N–H and O–H groups in total. The molecule has 0 aromatic carbocycles. The van der Waals surface area contributed by atoms with Crippen LogP contribution in [0.3, 0.4) is 0 Å². The van der Waals surface area contributed by atoms with E-state index < -0.39 is 0 Å². The molecule has 1 aromatic rings. The monoisotopic (exact) mass is 264 g/mol. The van der Waals surface area contributed by atoms with Crippen molar-refractivity contribution < 1.29 is 9.47 Å². The molecule has 0 bridgehead atoms. The quantitative estimate of drug-likeness (QED) is 0.822. The van der Waals surface area contributed by atoms with Gasteiger partial charge in [-0.15, -0.1) is 0 Å². The number of aromatic nitrogens is 1. The van der Waals surface area contributed by atoms with Crippen LogP contribution in [0.15, 0.2) is 18.3 Å². The summed E-state index contributed by atoms with van der Waals surface area (Å²) in [5.41, 5.74) is 1.00. The summed E-state index contributed by atoms with van der Waals surface area (Å²) in [4.78, 5) is 4.50. The number of ether oxygens (including phenoxy) is 2. The Kier molecular flexibility index (Phi) is 4.77. The summed E-state index contributed by atoms with van der Waals surface area (Å²) in [7, 11) is 3.51. The van der Waals surface area contributed by atoms with Crippen molar-refractivity contribution in [2.24, 2.45) is 0 Å². The van der Waals surface area contributed by atoms with Gasteiger partial charge < -0.3 is 14.8 Å². The summed E-state index contributed by atoms with van der Waals surface area (Å²) in [5.74, 6) is 0.846. The van der Waals surface area contributed by atoms with Crippen molar-refractivity contribution in [1.82, 2.24) is 10.3 Å². The maximum absolute atomic E-state index is 5.74. The molecule has 0 spiro atoms. The van der Waals surface area contributed by atoms with E-state index in [4.69, 9.17) is 9.47 Å². The van der Waals surface area contributed by atoms with Crippen LogP contribution in [0, 0.1) is 0 Å². The largest absolute Gasteiger partial charge is 0.495 e. The number of nitrogens with one attached hydrogen (secondary N) is 1. The summed E-state index contributed by atoms with van der Waals surface area (Å²) in [6.07, 6.45) is 6.31. The topological polar surface area (TPSA) is 43.4 Å². The summed E-state index contributed by atoms with van der Waals surface area (Å²) in [5, 5.41) is 3.51. The van der Waals surface area contributed by atoms with Crippen LogP contribution in [0.5, 0.6) is 5.75 Å². The van der Waals surface area contributed by atoms with E-state index >= 15 is 0 Å². The van der Waals surface area contributed by atoms with E-state index in [0.29, 0.717) is 0 Å². The van der Waals surface area contributed by atoms with Crippen LogP contribution in [0.2, 0.25) is 0 Å². The van der Waals surface area contributed by atoms with Crippen molar-refractivity contribution >= 4 is 0 Å². The Balaban J connectivity index is 2.19. The maximum Gasteiger partial charge on any atom is 0.141 e. The van der Waals surface area contributed by atoms with Gasteiger partial charge in [0.05, 0.1) is 24.4 Å². The molecule has 1 unspecified atom stereocenters. The molecular formula is C15H24N2O2. The first-order valence-corrected chi connectivity index (χ1v) is 7.02. The molecular weight excluding hydrogens is 240 g/mol. The Bertz CT molecular complexity index is 399. The fourth-order valence-electron chi connectivity index (χ4n) is 2.78. The van der Waals surface area contributed by atoms with Crippen LogP contribution < -0.4 is 10.1 Å². The van der Waals surface area contributed by atoms with E-state index in [2.05, 4.69) is 17.2 Å². The minimum atomic E-state index is 0.0232. The van der Waals surface area contributed by atoms with E-state index in [0.717, 1.165) is 37.3 Å². The molecule has 19 heavy (non-hydrogen) atoms. The first kappa shape index (κ1) is 14.3. The second kappa shape index (κ2) is 6.35. The third kappa shape index (κ3) is 3.07. The van der Waals surface area contributed by atoms with Crippen LogP contribution in [-0.4, -0.2) is 31.3 Å². The third-order valence-electron chi connectivity index (χ3n) is 4.07. The highest BCUT2D eigenvalue weighted by Gasteiger charge is 2.40. The van der Waals surface area contributed by atoms with Gasteiger partial charge in [-0.25, -0.2) is 0 Å². The summed E-state index contributed by atoms with van der Waals surface area (Å²) >= 11 is 0. The van der Waals surface area contributed by atoms with Crippen molar-refractivity contribution in [3.8, 4) is 5.75 Å². The fraction of sp³-hybridized carbons (Fsp3) is 0.667. The van der Waals surface area contributed by atoms with Gasteiger partial charge in [-0.1, -0.05) is 6.92 Å². The number of methoxy groups -OCH3 is 2. The zero-order chi connectivity index (χ0) is 13.7. The van der Waals surface area contributed by atoms with Crippen molar-refractivity contribution in [1.29, 1.82) is 0 Å². The minimum Gasteiger partial charge on any atom is -0.495 e. The summed E-state index contributed by atoms with van der Waals surface area (Å²) < 4.78 is 11.2. The smallest absolute Gasteiger partial charge is 0.141 e. The Morgan fingerprint density at radius 2 is 2.21 bits per heavy atom. The minimum absolute atomic E-state index is 0.0232. The fourth-order valence-corrected chi connectivity index (χ4v) is 2.78. The summed E-state index contributed by atoms with van der Waals surface area (Å²) in [6.45, 7) is 3.02. The van der Waals surface area contributed by atoms with E-state index in [-0.39, 0.29) is 11.6 Å². The predicted molar refractivity (Wildman–Crippen MR) is 75.4 cm³/mol. The first-order valence-electron chi connectivity index (χ1n) is 7.02. The molecule has 1 aliphatic rings. The lowest BCUT2D eigenvalue weighted by atomic mass is 9.75. The SMILES string of the molecule is CCNC(CC1(OC)CCC1)c1ncccc1OC. The molecule has 0 radical (unpaired) electrons. The molecule has 0 saturated heterocycles. The van der Waals surface area contributed by atoms with Gasteiger partial charge in [0.15, 0.2) is 0 Å². The zero-order valence-corrected chi connectivity index (χ0v) is 12.1. The molecule has 1 fully saturated rings. The molecule has 0 aliphatic heterocycles. The molecule has 4 nitrogen and oxygen atoms in total. The Morgan fingerprint density at radius 1 is 1.42 bits per heavy atom. The van der Waals surface area contributed by atoms with Crippen molar-refractivity contribution in [2.45, 2.75) is 44.2 Å². The summed E-state index contributed by atoms with van der Waals surface area (Å²) in [6, 6.07) is 4.05. The highest BCUT2D eigenvalue weighted by atomic mass is 16.5. The van der Waals surface area contributed by atoms with Crippen LogP contribution in [0.1, 0.15) is 44.3 Å². The number of hydrogen-bond donors (Lipinski definition) is 1. The van der Waals surface area contributed by atoms with Crippen LogP contribution in [0.25, 0.3) is 0 Å². The van der Waals surface area contributed by atoms with Crippen LogP contribution >= 0.6 is 0 Å². The van der Waals surface area contributed by atoms with E-state index in [1.807, 2.05) is 25.4 Å². The van der Waals surface area contributed by atoms with Gasteiger partial charge in [0.1, 0.15) is 5.75 Å². The molecule has 1 atom stereocenters. The zero-order valence-electron chi connectivity index (χ0n) is 12.1. The molecule has 1 saturated carbocycles. The Hall–Kier alpha value is -1.13. The predicted octanol–water partition coefficient (Wildman–Crippen LogP) is 2.70. The van der Waals surface area contributed by atoms with Crippen LogP contribution in [-0.2, 0) is 4.74 Å². The number of nitrogens with zero attached hydrogens (tertiary/aromatic N) is 1. The lowest BCUT2D eigenvalue weighted by Crippen LogP contribution is -2.43. The van der Waals surface area contributed by atoms with Gasteiger partial charge in [-0.2, -0.15) is 0 Å². The molecule has 106 valence electrons. The lowest BCUT2D eigenvalue weighted by Gasteiger charge is -2.43. The van der Waals surface area contributed by atoms with Crippen LogP contribution in [0.4, 0.5) is 0 Å². The van der Waals surface area contributed by atoms with Crippen molar-refractivity contribution in [3.63, 3.8) is 0 Å². The average Bonchev–Trinajstić information content (AvgIpc) is 2.41. The maximum atomic E-state index is 5.74. The highest BCUT2D eigenvalue weighted by molar-refractivity contribution is 5.30.